The summed E-state index contributed by atoms with van der Waals surface area (Å²) in [6, 6.07) is 5.16. The van der Waals surface area contributed by atoms with E-state index in [0.29, 0.717) is 11.1 Å². The van der Waals surface area contributed by atoms with Crippen molar-refractivity contribution < 1.29 is 9.59 Å². The molecule has 1 aliphatic rings. The molecule has 60 valence electrons. The lowest BCUT2D eigenvalue weighted by Gasteiger charge is -1.94. The summed E-state index contributed by atoms with van der Waals surface area (Å²) in [5.74, 6) is -0.140. The first-order valence-corrected chi connectivity index (χ1v) is 4.34. The van der Waals surface area contributed by atoms with Crippen molar-refractivity contribution in [3.8, 4) is 0 Å². The van der Waals surface area contributed by atoms with E-state index in [1.165, 1.54) is 0 Å². The van der Waals surface area contributed by atoms with Crippen molar-refractivity contribution in [2.75, 3.05) is 0 Å². The molecule has 2 rings (SSSR count). The second-order valence-corrected chi connectivity index (χ2v) is 3.63. The Bertz CT molecular complexity index is 382. The van der Waals surface area contributed by atoms with Gasteiger partial charge >= 0.3 is 0 Å². The van der Waals surface area contributed by atoms with Crippen LogP contribution in [0.5, 0.6) is 0 Å². The van der Waals surface area contributed by atoms with E-state index >= 15 is 0 Å². The van der Waals surface area contributed by atoms with Crippen molar-refractivity contribution in [3.05, 3.63) is 33.8 Å². The first-order chi connectivity index (χ1) is 5.68. The zero-order chi connectivity index (χ0) is 8.72. The third kappa shape index (κ3) is 1.01. The minimum Gasteiger partial charge on any atom is -0.294 e. The fourth-order valence-corrected chi connectivity index (χ4v) is 1.69. The number of hydrogen-bond acceptors (Lipinski definition) is 2. The molecule has 12 heavy (non-hydrogen) atoms. The molecule has 0 radical (unpaired) electrons. The predicted molar refractivity (Wildman–Crippen MR) is 47.4 cm³/mol. The topological polar surface area (TPSA) is 34.1 Å². The highest BCUT2D eigenvalue weighted by Gasteiger charge is 2.26. The first kappa shape index (κ1) is 7.68. The molecule has 0 spiro atoms. The highest BCUT2D eigenvalue weighted by Crippen LogP contribution is 2.24. The molecular weight excluding hydrogens is 220 g/mol. The second kappa shape index (κ2) is 2.52. The van der Waals surface area contributed by atoms with Crippen molar-refractivity contribution in [2.24, 2.45) is 0 Å². The summed E-state index contributed by atoms with van der Waals surface area (Å²) in [6.45, 7) is 0. The second-order valence-electron chi connectivity index (χ2n) is 2.71. The molecular formula is C9H5BrO2. The summed E-state index contributed by atoms with van der Waals surface area (Å²) in [5.41, 5.74) is 1.11. The van der Waals surface area contributed by atoms with Gasteiger partial charge in [-0.05, 0) is 18.2 Å². The molecule has 0 aliphatic heterocycles. The van der Waals surface area contributed by atoms with Crippen molar-refractivity contribution in [3.63, 3.8) is 0 Å². The van der Waals surface area contributed by atoms with Crippen LogP contribution in [0.3, 0.4) is 0 Å². The number of halogens is 1. The summed E-state index contributed by atoms with van der Waals surface area (Å²) < 4.78 is 0.837. The Morgan fingerprint density at radius 3 is 2.50 bits per heavy atom. The van der Waals surface area contributed by atoms with Gasteiger partial charge in [-0.15, -0.1) is 0 Å². The molecule has 1 aromatic carbocycles. The molecule has 0 N–H and O–H groups in total. The lowest BCUT2D eigenvalue weighted by molar-refractivity contribution is 0.0923. The zero-order valence-electron chi connectivity index (χ0n) is 6.13. The van der Waals surface area contributed by atoms with Crippen LogP contribution in [-0.2, 0) is 0 Å². The van der Waals surface area contributed by atoms with Gasteiger partial charge in [0.1, 0.15) is 0 Å². The van der Waals surface area contributed by atoms with Crippen LogP contribution in [0, 0.1) is 0 Å². The van der Waals surface area contributed by atoms with Crippen molar-refractivity contribution in [1.82, 2.24) is 0 Å². The maximum Gasteiger partial charge on any atom is 0.171 e. The van der Waals surface area contributed by atoms with Crippen LogP contribution >= 0.6 is 15.9 Å². The molecule has 0 heterocycles. The molecule has 0 fully saturated rings. The lowest BCUT2D eigenvalue weighted by Crippen LogP contribution is -1.90. The number of fused-ring (bicyclic) bond motifs is 1. The number of carbonyl (C=O) groups excluding carboxylic acids is 2. The summed E-state index contributed by atoms with van der Waals surface area (Å²) in [6.07, 6.45) is 0.0335. The lowest BCUT2D eigenvalue weighted by atomic mass is 10.1. The monoisotopic (exact) mass is 224 g/mol. The van der Waals surface area contributed by atoms with E-state index in [2.05, 4.69) is 15.9 Å². The van der Waals surface area contributed by atoms with Crippen LogP contribution in [0.1, 0.15) is 27.1 Å². The number of hydrogen-bond donors (Lipinski definition) is 0. The van der Waals surface area contributed by atoms with E-state index in [4.69, 9.17) is 0 Å². The van der Waals surface area contributed by atoms with Crippen molar-refractivity contribution in [2.45, 2.75) is 6.42 Å². The third-order valence-electron chi connectivity index (χ3n) is 1.90. The molecule has 1 aromatic rings. The van der Waals surface area contributed by atoms with Gasteiger partial charge < -0.3 is 0 Å². The number of benzene rings is 1. The highest BCUT2D eigenvalue weighted by molar-refractivity contribution is 9.10. The smallest absolute Gasteiger partial charge is 0.171 e. The maximum atomic E-state index is 11.2. The van der Waals surface area contributed by atoms with E-state index in [9.17, 15) is 9.59 Å². The van der Waals surface area contributed by atoms with E-state index in [1.807, 2.05) is 0 Å². The van der Waals surface area contributed by atoms with E-state index < -0.39 is 0 Å². The largest absolute Gasteiger partial charge is 0.294 e. The normalized spacial score (nSPS) is 15.1. The zero-order valence-corrected chi connectivity index (χ0v) is 7.72. The summed E-state index contributed by atoms with van der Waals surface area (Å²) >= 11 is 3.25. The van der Waals surface area contributed by atoms with Crippen LogP contribution in [0.25, 0.3) is 0 Å². The predicted octanol–water partition coefficient (Wildman–Crippen LogP) is 2.22. The maximum absolute atomic E-state index is 11.2. The van der Waals surface area contributed by atoms with Gasteiger partial charge in [-0.2, -0.15) is 0 Å². The molecule has 0 amide bonds. The average Bonchev–Trinajstić information content (AvgIpc) is 2.28. The Labute approximate surface area is 77.7 Å². The molecule has 0 saturated heterocycles. The Morgan fingerprint density at radius 1 is 1.08 bits per heavy atom. The Hall–Kier alpha value is -0.960. The van der Waals surface area contributed by atoms with Gasteiger partial charge in [0.2, 0.25) is 0 Å². The van der Waals surface area contributed by atoms with Gasteiger partial charge in [0, 0.05) is 15.6 Å². The Balaban J connectivity index is 2.68. The average molecular weight is 225 g/mol. The molecule has 0 atom stereocenters. The fraction of sp³-hybridized carbons (Fsp3) is 0.111. The molecule has 3 heteroatoms. The Morgan fingerprint density at radius 2 is 1.75 bits per heavy atom. The van der Waals surface area contributed by atoms with E-state index in [-0.39, 0.29) is 18.0 Å². The quantitative estimate of drug-likeness (QED) is 0.634. The van der Waals surface area contributed by atoms with Crippen LogP contribution < -0.4 is 0 Å². The molecule has 0 saturated carbocycles. The first-order valence-electron chi connectivity index (χ1n) is 3.54. The van der Waals surface area contributed by atoms with E-state index in [1.54, 1.807) is 18.2 Å². The summed E-state index contributed by atoms with van der Waals surface area (Å²) in [4.78, 5) is 22.3. The van der Waals surface area contributed by atoms with Crippen LogP contribution in [-0.4, -0.2) is 11.6 Å². The third-order valence-corrected chi connectivity index (χ3v) is 2.40. The van der Waals surface area contributed by atoms with Crippen molar-refractivity contribution in [1.29, 1.82) is 0 Å². The van der Waals surface area contributed by atoms with Crippen molar-refractivity contribution >= 4 is 27.5 Å². The molecule has 0 aromatic heterocycles. The number of ketones is 2. The molecule has 2 nitrogen and oxygen atoms in total. The van der Waals surface area contributed by atoms with Gasteiger partial charge in [0.05, 0.1) is 6.42 Å². The summed E-state index contributed by atoms with van der Waals surface area (Å²) in [5, 5.41) is 0. The van der Waals surface area contributed by atoms with E-state index in [0.717, 1.165) is 4.47 Å². The van der Waals surface area contributed by atoms with Gasteiger partial charge in [0.15, 0.2) is 11.6 Å². The fourth-order valence-electron chi connectivity index (χ4n) is 1.33. The summed E-state index contributed by atoms with van der Waals surface area (Å²) in [7, 11) is 0. The minimum atomic E-state index is -0.0729. The van der Waals surface area contributed by atoms with Crippen LogP contribution in [0.4, 0.5) is 0 Å². The van der Waals surface area contributed by atoms with Gasteiger partial charge in [-0.3, -0.25) is 9.59 Å². The number of carbonyl (C=O) groups is 2. The van der Waals surface area contributed by atoms with Crippen LogP contribution in [0.2, 0.25) is 0 Å². The Kier molecular flexibility index (Phi) is 1.61. The standard InChI is InChI=1S/C9H5BrO2/c10-5-1-2-6-7(3-5)9(12)4-8(6)11/h1-3H,4H2. The molecule has 0 unspecified atom stereocenters. The minimum absolute atomic E-state index is 0.0335. The van der Waals surface area contributed by atoms with Crippen LogP contribution in [0.15, 0.2) is 22.7 Å². The highest BCUT2D eigenvalue weighted by atomic mass is 79.9. The SMILES string of the molecule is O=C1CC(=O)c2cc(Br)ccc21. The molecule has 1 aliphatic carbocycles. The van der Waals surface area contributed by atoms with Gasteiger partial charge in [-0.25, -0.2) is 0 Å². The number of rotatable bonds is 0. The molecule has 0 bridgehead atoms. The van der Waals surface area contributed by atoms with Gasteiger partial charge in [0.25, 0.3) is 0 Å². The van der Waals surface area contributed by atoms with Gasteiger partial charge in [-0.1, -0.05) is 15.9 Å². The number of Topliss-reactive ketones (excluding diaryl/α,β-unsaturated/α-hetero) is 2.